The van der Waals surface area contributed by atoms with Crippen molar-refractivity contribution in [2.24, 2.45) is 0 Å². The summed E-state index contributed by atoms with van der Waals surface area (Å²) in [6.07, 6.45) is 1.03. The Balaban J connectivity index is 1.51. The van der Waals surface area contributed by atoms with Gasteiger partial charge in [-0.15, -0.1) is 32.9 Å². The Labute approximate surface area is 166 Å². The van der Waals surface area contributed by atoms with E-state index in [1.165, 1.54) is 20.9 Å². The summed E-state index contributed by atoms with van der Waals surface area (Å²) in [6.45, 7) is 4.82. The Bertz CT molecular complexity index is 990. The average molecular weight is 396 g/mol. The Morgan fingerprint density at radius 2 is 1.96 bits per heavy atom. The highest BCUT2D eigenvalue weighted by Gasteiger charge is 2.17. The highest BCUT2D eigenvalue weighted by molar-refractivity contribution is 7.15. The smallest absolute Gasteiger partial charge is 0.257 e. The van der Waals surface area contributed by atoms with Gasteiger partial charge < -0.3 is 4.42 Å². The molecule has 27 heavy (non-hydrogen) atoms. The number of nitrogens with zero attached hydrogens (tertiary/aromatic N) is 2. The van der Waals surface area contributed by atoms with Crippen LogP contribution in [0.2, 0.25) is 0 Å². The van der Waals surface area contributed by atoms with Crippen molar-refractivity contribution in [3.63, 3.8) is 0 Å². The molecule has 138 valence electrons. The first-order valence-corrected chi connectivity index (χ1v) is 10.7. The van der Waals surface area contributed by atoms with Crippen LogP contribution in [0.4, 0.5) is 0 Å². The van der Waals surface area contributed by atoms with Gasteiger partial charge in [-0.25, -0.2) is 0 Å². The molecule has 1 aromatic carbocycles. The Hall–Kier alpha value is -2.28. The lowest BCUT2D eigenvalue weighted by molar-refractivity contribution is 0.464. The van der Waals surface area contributed by atoms with Gasteiger partial charge in [0.15, 0.2) is 0 Å². The normalized spacial score (nSPS) is 12.4. The molecule has 0 unspecified atom stereocenters. The van der Waals surface area contributed by atoms with Crippen molar-refractivity contribution in [1.82, 2.24) is 15.5 Å². The zero-order chi connectivity index (χ0) is 18.6. The van der Waals surface area contributed by atoms with Gasteiger partial charge in [-0.2, -0.15) is 0 Å². The largest absolute Gasteiger partial charge is 0.419 e. The van der Waals surface area contributed by atoms with Crippen LogP contribution in [-0.2, 0) is 13.0 Å². The minimum absolute atomic E-state index is 0.109. The number of hydrogen-bond acceptors (Lipinski definition) is 6. The molecule has 3 aromatic heterocycles. The second-order valence-corrected chi connectivity index (χ2v) is 8.43. The van der Waals surface area contributed by atoms with E-state index < -0.39 is 0 Å². The third-order valence-electron chi connectivity index (χ3n) is 4.44. The summed E-state index contributed by atoms with van der Waals surface area (Å²) < 4.78 is 5.92. The van der Waals surface area contributed by atoms with Gasteiger partial charge in [0.05, 0.1) is 17.5 Å². The van der Waals surface area contributed by atoms with Crippen LogP contribution in [0.3, 0.4) is 0 Å². The van der Waals surface area contributed by atoms with E-state index in [-0.39, 0.29) is 6.04 Å². The molecule has 1 N–H and O–H groups in total. The van der Waals surface area contributed by atoms with Crippen LogP contribution >= 0.6 is 22.7 Å². The van der Waals surface area contributed by atoms with Crippen LogP contribution in [0, 0.1) is 6.92 Å². The Morgan fingerprint density at radius 1 is 1.11 bits per heavy atom. The molecule has 0 amide bonds. The van der Waals surface area contributed by atoms with Crippen LogP contribution in [-0.4, -0.2) is 10.2 Å². The number of hydrogen-bond donors (Lipinski definition) is 1. The monoisotopic (exact) mass is 395 g/mol. The van der Waals surface area contributed by atoms with Gasteiger partial charge in [0.25, 0.3) is 5.89 Å². The highest BCUT2D eigenvalue weighted by Crippen LogP contribution is 2.31. The van der Waals surface area contributed by atoms with Crippen molar-refractivity contribution in [3.05, 3.63) is 80.7 Å². The number of aromatic nitrogens is 2. The van der Waals surface area contributed by atoms with Crippen molar-refractivity contribution in [2.45, 2.75) is 32.9 Å². The number of thiophene rings is 2. The zero-order valence-corrected chi connectivity index (χ0v) is 16.9. The second-order valence-electron chi connectivity index (χ2n) is 6.31. The summed E-state index contributed by atoms with van der Waals surface area (Å²) in [5.41, 5.74) is 2.51. The minimum Gasteiger partial charge on any atom is -0.419 e. The third-order valence-corrected chi connectivity index (χ3v) is 6.74. The lowest BCUT2D eigenvalue weighted by atomic mass is 10.1. The van der Waals surface area contributed by atoms with Crippen LogP contribution in [0.5, 0.6) is 0 Å². The van der Waals surface area contributed by atoms with Crippen molar-refractivity contribution in [1.29, 1.82) is 0 Å². The summed E-state index contributed by atoms with van der Waals surface area (Å²) in [5.74, 6) is 1.21. The maximum Gasteiger partial charge on any atom is 0.257 e. The molecule has 0 radical (unpaired) electrons. The predicted octanol–water partition coefficient (Wildman–Crippen LogP) is 5.61. The fraction of sp³-hybridized carbons (Fsp3) is 0.238. The maximum atomic E-state index is 5.92. The van der Waals surface area contributed by atoms with Crippen molar-refractivity contribution >= 4 is 22.7 Å². The van der Waals surface area contributed by atoms with Crippen molar-refractivity contribution < 1.29 is 4.42 Å². The summed E-state index contributed by atoms with van der Waals surface area (Å²) in [5, 5.41) is 14.1. The van der Waals surface area contributed by atoms with Crippen molar-refractivity contribution in [3.8, 4) is 10.8 Å². The van der Waals surface area contributed by atoms with E-state index in [0.29, 0.717) is 18.3 Å². The minimum atomic E-state index is 0.109. The molecule has 0 aliphatic rings. The van der Waals surface area contributed by atoms with Gasteiger partial charge in [-0.3, -0.25) is 5.32 Å². The Morgan fingerprint density at radius 3 is 2.67 bits per heavy atom. The maximum absolute atomic E-state index is 5.92. The first-order chi connectivity index (χ1) is 13.2. The molecule has 4 rings (SSSR count). The summed E-state index contributed by atoms with van der Waals surface area (Å²) >= 11 is 3.47. The standard InChI is InChI=1S/C21H21N3OS2/c1-3-16-14(2)12-18(27-16)21-24-23-19(25-21)13-22-20(17-10-7-11-26-17)15-8-5-4-6-9-15/h4-12,20,22H,3,13H2,1-2H3/t20-/m1/s1. The number of nitrogens with one attached hydrogen (secondary N) is 1. The second kappa shape index (κ2) is 8.17. The van der Waals surface area contributed by atoms with Crippen LogP contribution < -0.4 is 5.32 Å². The molecular formula is C21H21N3OS2. The molecule has 6 heteroatoms. The first-order valence-electron chi connectivity index (χ1n) is 8.98. The van der Waals surface area contributed by atoms with E-state index in [2.05, 4.69) is 77.2 Å². The van der Waals surface area contributed by atoms with Gasteiger partial charge in [0.2, 0.25) is 5.89 Å². The zero-order valence-electron chi connectivity index (χ0n) is 15.3. The SMILES string of the molecule is CCc1sc(-c2nnc(CN[C@H](c3ccccc3)c3cccs3)o2)cc1C. The third kappa shape index (κ3) is 4.03. The molecule has 0 aliphatic heterocycles. The molecular weight excluding hydrogens is 374 g/mol. The average Bonchev–Trinajstić information content (AvgIpc) is 3.43. The molecule has 0 saturated heterocycles. The molecule has 0 fully saturated rings. The molecule has 4 nitrogen and oxygen atoms in total. The lowest BCUT2D eigenvalue weighted by Crippen LogP contribution is -2.21. The van der Waals surface area contributed by atoms with Crippen molar-refractivity contribution in [2.75, 3.05) is 0 Å². The summed E-state index contributed by atoms with van der Waals surface area (Å²) in [7, 11) is 0. The molecule has 0 spiro atoms. The molecule has 0 saturated carbocycles. The van der Waals surface area contributed by atoms with Crippen LogP contribution in [0.1, 0.15) is 39.7 Å². The van der Waals surface area contributed by atoms with E-state index in [1.807, 2.05) is 6.07 Å². The fourth-order valence-corrected chi connectivity index (χ4v) is 4.94. The number of rotatable bonds is 7. The fourth-order valence-electron chi connectivity index (χ4n) is 3.07. The molecule has 4 aromatic rings. The molecule has 1 atom stereocenters. The summed E-state index contributed by atoms with van der Waals surface area (Å²) in [6, 6.07) is 16.9. The quantitative estimate of drug-likeness (QED) is 0.442. The Kier molecular flexibility index (Phi) is 5.48. The molecule has 3 heterocycles. The van der Waals surface area contributed by atoms with Gasteiger partial charge in [-0.1, -0.05) is 43.3 Å². The number of aryl methyl sites for hydroxylation is 2. The van der Waals surface area contributed by atoms with E-state index in [4.69, 9.17) is 4.42 Å². The topological polar surface area (TPSA) is 51.0 Å². The number of benzene rings is 1. The van der Waals surface area contributed by atoms with E-state index in [9.17, 15) is 0 Å². The van der Waals surface area contributed by atoms with Gasteiger partial charge in [0.1, 0.15) is 0 Å². The molecule has 0 aliphatic carbocycles. The molecule has 0 bridgehead atoms. The van der Waals surface area contributed by atoms with Crippen LogP contribution in [0.15, 0.2) is 58.3 Å². The van der Waals surface area contributed by atoms with Gasteiger partial charge >= 0.3 is 0 Å². The lowest BCUT2D eigenvalue weighted by Gasteiger charge is -2.16. The van der Waals surface area contributed by atoms with E-state index in [0.717, 1.165) is 11.3 Å². The highest BCUT2D eigenvalue weighted by atomic mass is 32.1. The van der Waals surface area contributed by atoms with Crippen LogP contribution in [0.25, 0.3) is 10.8 Å². The van der Waals surface area contributed by atoms with Gasteiger partial charge in [0, 0.05) is 9.75 Å². The van der Waals surface area contributed by atoms with E-state index in [1.54, 1.807) is 22.7 Å². The predicted molar refractivity (Wildman–Crippen MR) is 111 cm³/mol. The van der Waals surface area contributed by atoms with Gasteiger partial charge in [-0.05, 0) is 42.0 Å². The first kappa shape index (κ1) is 18.1. The summed E-state index contributed by atoms with van der Waals surface area (Å²) in [4.78, 5) is 3.67. The van der Waals surface area contributed by atoms with E-state index >= 15 is 0 Å².